The van der Waals surface area contributed by atoms with Gasteiger partial charge in [0.1, 0.15) is 22.2 Å². The highest BCUT2D eigenvalue weighted by molar-refractivity contribution is 7.80. The van der Waals surface area contributed by atoms with E-state index in [2.05, 4.69) is 27.9 Å². The lowest BCUT2D eigenvalue weighted by Gasteiger charge is -2.12. The predicted molar refractivity (Wildman–Crippen MR) is 79.7 cm³/mol. The van der Waals surface area contributed by atoms with Gasteiger partial charge in [-0.25, -0.2) is 14.8 Å². The molecule has 116 valence electrons. The number of nitrogens with zero attached hydrogens (tertiary/aromatic N) is 2. The Morgan fingerprint density at radius 3 is 2.48 bits per heavy atom. The summed E-state index contributed by atoms with van der Waals surface area (Å²) in [7, 11) is 0. The summed E-state index contributed by atoms with van der Waals surface area (Å²) in [5, 5.41) is 3.16. The number of thiol groups is 1. The summed E-state index contributed by atoms with van der Waals surface area (Å²) in [6.07, 6.45) is 0.168. The molecule has 0 bridgehead atoms. The van der Waals surface area contributed by atoms with Crippen LogP contribution in [0, 0.1) is 6.92 Å². The number of rotatable bonds is 7. The first-order chi connectivity index (χ1) is 9.99. The van der Waals surface area contributed by atoms with Crippen LogP contribution in [0.4, 0.5) is 5.82 Å². The van der Waals surface area contributed by atoms with Gasteiger partial charge >= 0.3 is 11.9 Å². The van der Waals surface area contributed by atoms with Crippen LogP contribution in [0.1, 0.15) is 36.5 Å². The van der Waals surface area contributed by atoms with Gasteiger partial charge in [0.2, 0.25) is 0 Å². The van der Waals surface area contributed by atoms with Gasteiger partial charge in [0.25, 0.3) is 0 Å². The summed E-state index contributed by atoms with van der Waals surface area (Å²) in [5.41, 5.74) is 0.162. The van der Waals surface area contributed by atoms with Crippen LogP contribution < -0.4 is 5.32 Å². The molecule has 0 aliphatic heterocycles. The fourth-order valence-electron chi connectivity index (χ4n) is 1.59. The second-order valence-corrected chi connectivity index (χ2v) is 4.44. The molecule has 7 nitrogen and oxygen atoms in total. The molecule has 0 aromatic carbocycles. The van der Waals surface area contributed by atoms with Crippen molar-refractivity contribution in [3.8, 4) is 0 Å². The Morgan fingerprint density at radius 2 is 1.86 bits per heavy atom. The number of carbonyl (C=O) groups excluding carboxylic acids is 2. The molecule has 0 radical (unpaired) electrons. The van der Waals surface area contributed by atoms with E-state index in [0.29, 0.717) is 18.2 Å². The molecule has 1 rings (SSSR count). The first-order valence-corrected chi connectivity index (χ1v) is 7.08. The highest BCUT2D eigenvalue weighted by atomic mass is 32.1. The summed E-state index contributed by atoms with van der Waals surface area (Å²) in [6, 6.07) is 0. The fourth-order valence-corrected chi connectivity index (χ4v) is 1.93. The van der Waals surface area contributed by atoms with Crippen LogP contribution in [-0.4, -0.2) is 41.7 Å². The van der Waals surface area contributed by atoms with Gasteiger partial charge < -0.3 is 14.8 Å². The lowest BCUT2D eigenvalue weighted by molar-refractivity contribution is -0.142. The number of anilines is 1. The molecule has 1 N–H and O–H groups in total. The fraction of sp³-hybridized carbons (Fsp3) is 0.538. The predicted octanol–water partition coefficient (Wildman–Crippen LogP) is 1.62. The van der Waals surface area contributed by atoms with Gasteiger partial charge in [-0.15, -0.1) is 12.6 Å². The number of hydrogen-bond acceptors (Lipinski definition) is 8. The van der Waals surface area contributed by atoms with E-state index in [-0.39, 0.29) is 36.1 Å². The minimum Gasteiger partial charge on any atom is -0.466 e. The van der Waals surface area contributed by atoms with E-state index in [1.807, 2.05) is 0 Å². The Morgan fingerprint density at radius 1 is 1.19 bits per heavy atom. The summed E-state index contributed by atoms with van der Waals surface area (Å²) in [4.78, 5) is 31.4. The van der Waals surface area contributed by atoms with Crippen molar-refractivity contribution in [2.24, 2.45) is 0 Å². The molecule has 0 amide bonds. The minimum atomic E-state index is -0.555. The van der Waals surface area contributed by atoms with E-state index in [9.17, 15) is 9.59 Å². The average molecular weight is 313 g/mol. The molecule has 0 unspecified atom stereocenters. The summed E-state index contributed by atoms with van der Waals surface area (Å²) in [5.74, 6) is -0.109. The molecule has 0 atom stereocenters. The summed E-state index contributed by atoms with van der Waals surface area (Å²) >= 11 is 4.18. The molecule has 1 heterocycles. The van der Waals surface area contributed by atoms with E-state index >= 15 is 0 Å². The molecule has 0 aliphatic rings. The second-order valence-electron chi connectivity index (χ2n) is 4.02. The Labute approximate surface area is 128 Å². The molecule has 21 heavy (non-hydrogen) atoms. The highest BCUT2D eigenvalue weighted by Gasteiger charge is 2.19. The minimum absolute atomic E-state index is 0.162. The van der Waals surface area contributed by atoms with Gasteiger partial charge in [-0.1, -0.05) is 0 Å². The van der Waals surface area contributed by atoms with E-state index in [0.717, 1.165) is 0 Å². The van der Waals surface area contributed by atoms with E-state index in [4.69, 9.17) is 9.47 Å². The Bertz CT molecular complexity index is 522. The van der Waals surface area contributed by atoms with E-state index in [1.165, 1.54) is 0 Å². The largest absolute Gasteiger partial charge is 0.466 e. The van der Waals surface area contributed by atoms with Crippen molar-refractivity contribution in [1.82, 2.24) is 9.97 Å². The van der Waals surface area contributed by atoms with Gasteiger partial charge in [0.15, 0.2) is 0 Å². The van der Waals surface area contributed by atoms with Crippen molar-refractivity contribution >= 4 is 30.4 Å². The second kappa shape index (κ2) is 8.46. The maximum Gasteiger partial charge on any atom is 0.344 e. The van der Waals surface area contributed by atoms with Crippen LogP contribution in [-0.2, 0) is 14.3 Å². The van der Waals surface area contributed by atoms with Crippen LogP contribution in [0.2, 0.25) is 0 Å². The van der Waals surface area contributed by atoms with Crippen molar-refractivity contribution in [1.29, 1.82) is 0 Å². The van der Waals surface area contributed by atoms with Gasteiger partial charge in [0.05, 0.1) is 19.6 Å². The SMILES string of the molecule is CCOC(=O)CCNc1nc(C)nc(S)c1C(=O)OCC. The normalized spacial score (nSPS) is 10.1. The monoisotopic (exact) mass is 313 g/mol. The van der Waals surface area contributed by atoms with Gasteiger partial charge in [0, 0.05) is 6.54 Å². The molecule has 8 heteroatoms. The van der Waals surface area contributed by atoms with Crippen molar-refractivity contribution in [3.05, 3.63) is 11.4 Å². The third-order valence-electron chi connectivity index (χ3n) is 2.41. The summed E-state index contributed by atoms with van der Waals surface area (Å²) < 4.78 is 9.78. The number of ether oxygens (including phenoxy) is 2. The number of aromatic nitrogens is 2. The average Bonchev–Trinajstić information content (AvgIpc) is 2.38. The number of aryl methyl sites for hydroxylation is 1. The standard InChI is InChI=1S/C13H19N3O4S/c1-4-19-9(17)6-7-14-11-10(13(18)20-5-2)12(21)16-8(3)15-11/h4-7H2,1-3H3,(H2,14,15,16,21). The van der Waals surface area contributed by atoms with Gasteiger partial charge in [-0.2, -0.15) is 0 Å². The molecule has 0 aliphatic carbocycles. The molecule has 0 saturated carbocycles. The molecule has 0 spiro atoms. The zero-order valence-electron chi connectivity index (χ0n) is 12.3. The van der Waals surface area contributed by atoms with Crippen LogP contribution in [0.5, 0.6) is 0 Å². The quantitative estimate of drug-likeness (QED) is 0.449. The first-order valence-electron chi connectivity index (χ1n) is 6.63. The lowest BCUT2D eigenvalue weighted by Crippen LogP contribution is -2.17. The van der Waals surface area contributed by atoms with Gasteiger partial charge in [-0.3, -0.25) is 4.79 Å². The number of nitrogens with one attached hydrogen (secondary N) is 1. The maximum absolute atomic E-state index is 11.9. The summed E-state index contributed by atoms with van der Waals surface area (Å²) in [6.45, 7) is 5.99. The van der Waals surface area contributed by atoms with Crippen molar-refractivity contribution in [2.45, 2.75) is 32.2 Å². The Hall–Kier alpha value is -1.83. The zero-order valence-corrected chi connectivity index (χ0v) is 13.2. The van der Waals surface area contributed by atoms with Gasteiger partial charge in [-0.05, 0) is 20.8 Å². The zero-order chi connectivity index (χ0) is 15.8. The lowest BCUT2D eigenvalue weighted by atomic mass is 10.3. The number of esters is 2. The molecule has 1 aromatic heterocycles. The topological polar surface area (TPSA) is 90.4 Å². The van der Waals surface area contributed by atoms with Crippen LogP contribution in [0.3, 0.4) is 0 Å². The molecular weight excluding hydrogens is 294 g/mol. The third-order valence-corrected chi connectivity index (χ3v) is 2.73. The molecular formula is C13H19N3O4S. The third kappa shape index (κ3) is 5.22. The van der Waals surface area contributed by atoms with Crippen molar-refractivity contribution < 1.29 is 19.1 Å². The van der Waals surface area contributed by atoms with E-state index in [1.54, 1.807) is 20.8 Å². The molecule has 1 aromatic rings. The highest BCUT2D eigenvalue weighted by Crippen LogP contribution is 2.21. The van der Waals surface area contributed by atoms with Crippen molar-refractivity contribution in [2.75, 3.05) is 25.1 Å². The Balaban J connectivity index is 2.84. The van der Waals surface area contributed by atoms with Crippen LogP contribution in [0.15, 0.2) is 5.03 Å². The number of carbonyl (C=O) groups is 2. The van der Waals surface area contributed by atoms with E-state index < -0.39 is 5.97 Å². The van der Waals surface area contributed by atoms with Crippen molar-refractivity contribution in [3.63, 3.8) is 0 Å². The molecule has 0 saturated heterocycles. The maximum atomic E-state index is 11.9. The van der Waals surface area contributed by atoms with Crippen LogP contribution >= 0.6 is 12.6 Å². The Kier molecular flexibility index (Phi) is 6.93. The van der Waals surface area contributed by atoms with Crippen LogP contribution in [0.25, 0.3) is 0 Å². The first kappa shape index (κ1) is 17.2. The molecule has 0 fully saturated rings. The number of hydrogen-bond donors (Lipinski definition) is 2. The smallest absolute Gasteiger partial charge is 0.344 e.